The predicted octanol–water partition coefficient (Wildman–Crippen LogP) is 7.28. The van der Waals surface area contributed by atoms with Gasteiger partial charge in [0, 0.05) is 24.0 Å². The first-order valence-electron chi connectivity index (χ1n) is 14.1. The maximum absolute atomic E-state index is 13.4. The molecule has 10 heteroatoms. The van der Waals surface area contributed by atoms with E-state index < -0.39 is 16.1 Å². The fourth-order valence-electron chi connectivity index (χ4n) is 5.81. The molecule has 5 rings (SSSR count). The average molecular weight is 635 g/mol. The lowest BCUT2D eigenvalue weighted by Gasteiger charge is -2.28. The van der Waals surface area contributed by atoms with Crippen LogP contribution in [0.15, 0.2) is 65.6 Å². The predicted molar refractivity (Wildman–Crippen MR) is 165 cm³/mol. The second-order valence-electron chi connectivity index (χ2n) is 10.9. The van der Waals surface area contributed by atoms with Crippen molar-refractivity contribution < 1.29 is 13.2 Å². The second kappa shape index (κ2) is 13.4. The van der Waals surface area contributed by atoms with Gasteiger partial charge in [0.25, 0.3) is 0 Å². The number of carbonyl (C=O) groups excluding carboxylic acids is 1. The Morgan fingerprint density at radius 2 is 1.71 bits per heavy atom. The Morgan fingerprint density at radius 3 is 2.46 bits per heavy atom. The van der Waals surface area contributed by atoms with E-state index in [2.05, 4.69) is 33.6 Å². The highest BCUT2D eigenvalue weighted by atomic mass is 35.5. The molecule has 0 saturated heterocycles. The highest BCUT2D eigenvalue weighted by Crippen LogP contribution is 2.32. The normalized spacial score (nSPS) is 18.2. The van der Waals surface area contributed by atoms with Crippen LogP contribution in [-0.2, 0) is 27.8 Å². The van der Waals surface area contributed by atoms with E-state index in [1.165, 1.54) is 55.0 Å². The van der Waals surface area contributed by atoms with Crippen molar-refractivity contribution in [3.05, 3.63) is 98.0 Å². The molecular formula is C31H34Cl3N3O3S. The maximum atomic E-state index is 13.4. The molecule has 6 nitrogen and oxygen atoms in total. The van der Waals surface area contributed by atoms with E-state index >= 15 is 0 Å². The standard InChI is InChI=1S/C31H34Cl3N3O3S/c32-23-7-3-6-22(16-23)30(37-41(39,40)25-12-14-27(33)28(34)17-25)18-31(38)36-29-10-4-5-21-15-20(11-13-26(21)29)19-35-24-8-1-2-9-24/h3,6-7,11-17,24,29-30,35,37H,1-2,4-5,8-10,18-19H2,(H,36,38)/t29-,30-/m1/s1. The Labute approximate surface area is 257 Å². The third-order valence-corrected chi connectivity index (χ3v) is 10.4. The number of carbonyl (C=O) groups is 1. The summed E-state index contributed by atoms with van der Waals surface area (Å²) in [6.07, 6.45) is 7.78. The van der Waals surface area contributed by atoms with Crippen LogP contribution in [0.3, 0.4) is 0 Å². The molecule has 2 aliphatic carbocycles. The number of aryl methyl sites for hydroxylation is 1. The molecule has 0 unspecified atom stereocenters. The summed E-state index contributed by atoms with van der Waals surface area (Å²) in [5, 5.41) is 7.67. The molecule has 0 radical (unpaired) electrons. The van der Waals surface area contributed by atoms with Crippen molar-refractivity contribution in [2.24, 2.45) is 0 Å². The van der Waals surface area contributed by atoms with Crippen LogP contribution < -0.4 is 15.4 Å². The van der Waals surface area contributed by atoms with Crippen molar-refractivity contribution in [3.63, 3.8) is 0 Å². The Hall–Kier alpha value is -2.13. The topological polar surface area (TPSA) is 87.3 Å². The summed E-state index contributed by atoms with van der Waals surface area (Å²) >= 11 is 18.3. The second-order valence-corrected chi connectivity index (χ2v) is 13.9. The van der Waals surface area contributed by atoms with Crippen LogP contribution in [-0.4, -0.2) is 20.4 Å². The number of fused-ring (bicyclic) bond motifs is 1. The summed E-state index contributed by atoms with van der Waals surface area (Å²) in [6, 6.07) is 17.1. The van der Waals surface area contributed by atoms with Gasteiger partial charge in [-0.3, -0.25) is 4.79 Å². The molecule has 3 N–H and O–H groups in total. The Kier molecular flexibility index (Phi) is 9.95. The third kappa shape index (κ3) is 7.83. The van der Waals surface area contributed by atoms with Crippen LogP contribution in [0.2, 0.25) is 15.1 Å². The Bertz CT molecular complexity index is 1510. The highest BCUT2D eigenvalue weighted by molar-refractivity contribution is 7.89. The molecule has 3 aromatic rings. The molecule has 0 aromatic heterocycles. The zero-order valence-electron chi connectivity index (χ0n) is 22.6. The zero-order chi connectivity index (χ0) is 29.0. The van der Waals surface area contributed by atoms with Gasteiger partial charge in [0.05, 0.1) is 27.0 Å². The Morgan fingerprint density at radius 1 is 0.902 bits per heavy atom. The highest BCUT2D eigenvalue weighted by Gasteiger charge is 2.27. The van der Waals surface area contributed by atoms with Gasteiger partial charge in [-0.1, -0.05) is 78.0 Å². The Balaban J connectivity index is 1.30. The van der Waals surface area contributed by atoms with Crippen LogP contribution in [0.4, 0.5) is 0 Å². The molecule has 3 aromatic carbocycles. The summed E-state index contributed by atoms with van der Waals surface area (Å²) in [4.78, 5) is 13.4. The molecule has 2 aliphatic rings. The van der Waals surface area contributed by atoms with Gasteiger partial charge in [0.15, 0.2) is 0 Å². The lowest BCUT2D eigenvalue weighted by Crippen LogP contribution is -2.36. The van der Waals surface area contributed by atoms with Gasteiger partial charge in [0.2, 0.25) is 15.9 Å². The van der Waals surface area contributed by atoms with E-state index in [4.69, 9.17) is 34.8 Å². The minimum absolute atomic E-state index is 0.0428. The van der Waals surface area contributed by atoms with Crippen molar-refractivity contribution in [2.45, 2.75) is 80.9 Å². The van der Waals surface area contributed by atoms with Crippen LogP contribution in [0.1, 0.15) is 79.3 Å². The van der Waals surface area contributed by atoms with Crippen molar-refractivity contribution >= 4 is 50.7 Å². The average Bonchev–Trinajstić information content (AvgIpc) is 3.47. The SMILES string of the molecule is O=C(C[C@@H](NS(=O)(=O)c1ccc(Cl)c(Cl)c1)c1cccc(Cl)c1)N[C@@H]1CCCc2cc(CNC3CCCC3)ccc21. The van der Waals surface area contributed by atoms with E-state index in [1.54, 1.807) is 24.3 Å². The van der Waals surface area contributed by atoms with E-state index in [0.29, 0.717) is 16.6 Å². The van der Waals surface area contributed by atoms with Crippen LogP contribution in [0, 0.1) is 0 Å². The summed E-state index contributed by atoms with van der Waals surface area (Å²) in [5.41, 5.74) is 4.24. The van der Waals surface area contributed by atoms with Crippen LogP contribution in [0.25, 0.3) is 0 Å². The first kappa shape index (κ1) is 30.3. The lowest BCUT2D eigenvalue weighted by atomic mass is 9.86. The number of nitrogens with one attached hydrogen (secondary N) is 3. The van der Waals surface area contributed by atoms with Crippen LogP contribution >= 0.6 is 34.8 Å². The number of halogens is 3. The molecule has 2 atom stereocenters. The molecule has 41 heavy (non-hydrogen) atoms. The monoisotopic (exact) mass is 633 g/mol. The van der Waals surface area contributed by atoms with Gasteiger partial charge in [-0.25, -0.2) is 13.1 Å². The van der Waals surface area contributed by atoms with Gasteiger partial charge in [-0.15, -0.1) is 0 Å². The molecule has 0 bridgehead atoms. The number of amides is 1. The fraction of sp³-hybridized carbons (Fsp3) is 0.387. The molecule has 0 aliphatic heterocycles. The summed E-state index contributed by atoms with van der Waals surface area (Å²) in [5.74, 6) is -0.253. The van der Waals surface area contributed by atoms with Crippen molar-refractivity contribution in [1.82, 2.24) is 15.4 Å². The molecular weight excluding hydrogens is 601 g/mol. The third-order valence-electron chi connectivity index (χ3n) is 7.95. The minimum Gasteiger partial charge on any atom is -0.349 e. The van der Waals surface area contributed by atoms with Gasteiger partial charge in [-0.05, 0) is 84.7 Å². The van der Waals surface area contributed by atoms with Gasteiger partial charge < -0.3 is 10.6 Å². The first-order chi connectivity index (χ1) is 19.7. The molecule has 0 spiro atoms. The quantitative estimate of drug-likeness (QED) is 0.219. The fourth-order valence-corrected chi connectivity index (χ4v) is 7.62. The van der Waals surface area contributed by atoms with Gasteiger partial charge in [-0.2, -0.15) is 0 Å². The number of benzene rings is 3. The van der Waals surface area contributed by atoms with Crippen molar-refractivity contribution in [2.75, 3.05) is 0 Å². The summed E-state index contributed by atoms with van der Waals surface area (Å²) < 4.78 is 29.2. The molecule has 0 heterocycles. The van der Waals surface area contributed by atoms with E-state index in [1.807, 2.05) is 0 Å². The van der Waals surface area contributed by atoms with Gasteiger partial charge in [0.1, 0.15) is 0 Å². The maximum Gasteiger partial charge on any atom is 0.241 e. The number of hydrogen-bond donors (Lipinski definition) is 3. The molecule has 1 amide bonds. The smallest absolute Gasteiger partial charge is 0.241 e. The molecule has 218 valence electrons. The van der Waals surface area contributed by atoms with Crippen molar-refractivity contribution in [1.29, 1.82) is 0 Å². The molecule has 1 fully saturated rings. The first-order valence-corrected chi connectivity index (χ1v) is 16.7. The molecule has 1 saturated carbocycles. The van der Waals surface area contributed by atoms with Crippen LogP contribution in [0.5, 0.6) is 0 Å². The zero-order valence-corrected chi connectivity index (χ0v) is 25.7. The lowest BCUT2D eigenvalue weighted by molar-refractivity contribution is -0.122. The van der Waals surface area contributed by atoms with Gasteiger partial charge >= 0.3 is 0 Å². The van der Waals surface area contributed by atoms with E-state index in [0.717, 1.165) is 31.4 Å². The number of sulfonamides is 1. The number of hydrogen-bond acceptors (Lipinski definition) is 4. The van der Waals surface area contributed by atoms with E-state index in [9.17, 15) is 13.2 Å². The largest absolute Gasteiger partial charge is 0.349 e. The summed E-state index contributed by atoms with van der Waals surface area (Å²) in [6.45, 7) is 0.856. The van der Waals surface area contributed by atoms with Crippen molar-refractivity contribution in [3.8, 4) is 0 Å². The summed E-state index contributed by atoms with van der Waals surface area (Å²) in [7, 11) is -4.03. The number of rotatable bonds is 10. The van der Waals surface area contributed by atoms with E-state index in [-0.39, 0.29) is 33.3 Å². The minimum atomic E-state index is -4.03.